The number of amides is 1. The summed E-state index contributed by atoms with van der Waals surface area (Å²) < 4.78 is 40.9. The van der Waals surface area contributed by atoms with E-state index < -0.39 is 17.6 Å². The molecular formula is C22H28F3N3O. The van der Waals surface area contributed by atoms with Crippen LogP contribution in [0, 0.1) is 6.92 Å². The Hall–Kier alpha value is -2.28. The van der Waals surface area contributed by atoms with Gasteiger partial charge < -0.3 is 15.2 Å². The van der Waals surface area contributed by atoms with E-state index in [1.54, 1.807) is 0 Å². The zero-order valence-corrected chi connectivity index (χ0v) is 17.0. The third-order valence-electron chi connectivity index (χ3n) is 5.80. The topological polar surface area (TPSA) is 51.3 Å². The minimum Gasteiger partial charge on any atom is -0.366 e. The Morgan fingerprint density at radius 2 is 1.69 bits per heavy atom. The maximum atomic E-state index is 12.9. The summed E-state index contributed by atoms with van der Waals surface area (Å²) in [6.45, 7) is 7.63. The molecule has 1 saturated heterocycles. The number of rotatable bonds is 6. The van der Waals surface area contributed by atoms with Crippen LogP contribution >= 0.6 is 0 Å². The van der Waals surface area contributed by atoms with Gasteiger partial charge in [0.2, 0.25) is 0 Å². The van der Waals surface area contributed by atoms with Crippen molar-refractivity contribution in [3.05, 3.63) is 46.8 Å². The number of primary amides is 1. The van der Waals surface area contributed by atoms with E-state index in [1.807, 2.05) is 13.8 Å². The highest BCUT2D eigenvalue weighted by Crippen LogP contribution is 2.36. The maximum absolute atomic E-state index is 12.9. The first kappa shape index (κ1) is 21.4. The summed E-state index contributed by atoms with van der Waals surface area (Å²) in [5.74, 6) is -0.552. The van der Waals surface area contributed by atoms with Crippen molar-refractivity contribution in [1.82, 2.24) is 9.47 Å². The number of hydrogen-bond donors (Lipinski definition) is 1. The lowest BCUT2D eigenvalue weighted by atomic mass is 9.97. The lowest BCUT2D eigenvalue weighted by Gasteiger charge is -2.27. The lowest BCUT2D eigenvalue weighted by molar-refractivity contribution is -0.137. The highest BCUT2D eigenvalue weighted by Gasteiger charge is 2.31. The summed E-state index contributed by atoms with van der Waals surface area (Å²) in [7, 11) is 0. The monoisotopic (exact) mass is 407 g/mol. The fourth-order valence-corrected chi connectivity index (χ4v) is 4.33. The van der Waals surface area contributed by atoms with Crippen LogP contribution in [0.4, 0.5) is 13.2 Å². The Morgan fingerprint density at radius 3 is 2.21 bits per heavy atom. The number of alkyl halides is 3. The van der Waals surface area contributed by atoms with E-state index in [-0.39, 0.29) is 0 Å². The summed E-state index contributed by atoms with van der Waals surface area (Å²) in [5.41, 5.74) is 8.34. The quantitative estimate of drug-likeness (QED) is 0.759. The zero-order chi connectivity index (χ0) is 21.2. The van der Waals surface area contributed by atoms with Crippen LogP contribution in [-0.4, -0.2) is 35.0 Å². The molecule has 4 nitrogen and oxygen atoms in total. The van der Waals surface area contributed by atoms with E-state index in [0.717, 1.165) is 49.7 Å². The van der Waals surface area contributed by atoms with Gasteiger partial charge in [0, 0.05) is 30.0 Å². The molecule has 1 amide bonds. The number of nitrogens with two attached hydrogens (primary N) is 1. The molecule has 2 heterocycles. The van der Waals surface area contributed by atoms with Gasteiger partial charge in [0.25, 0.3) is 5.91 Å². The molecule has 0 aliphatic carbocycles. The minimum absolute atomic E-state index is 0.403. The average Bonchev–Trinajstić information content (AvgIpc) is 2.98. The van der Waals surface area contributed by atoms with Gasteiger partial charge in [-0.15, -0.1) is 0 Å². The smallest absolute Gasteiger partial charge is 0.366 e. The predicted octanol–water partition coefficient (Wildman–Crippen LogP) is 4.63. The molecule has 158 valence electrons. The normalized spacial score (nSPS) is 15.6. The molecule has 3 rings (SSSR count). The molecule has 1 aromatic carbocycles. The number of benzene rings is 1. The van der Waals surface area contributed by atoms with Gasteiger partial charge in [-0.3, -0.25) is 4.79 Å². The lowest BCUT2D eigenvalue weighted by Crippen LogP contribution is -2.33. The fourth-order valence-electron chi connectivity index (χ4n) is 4.33. The van der Waals surface area contributed by atoms with Crippen LogP contribution in [0.3, 0.4) is 0 Å². The Bertz CT molecular complexity index is 863. The van der Waals surface area contributed by atoms with Crippen LogP contribution in [-0.2, 0) is 19.1 Å². The Kier molecular flexibility index (Phi) is 6.36. The molecule has 0 atom stereocenters. The number of halogens is 3. The first-order valence-corrected chi connectivity index (χ1v) is 10.2. The highest BCUT2D eigenvalue weighted by atomic mass is 19.4. The average molecular weight is 407 g/mol. The standard InChI is InChI=1S/C22H28F3N3O/c1-3-18-20(16-7-9-17(10-8-16)22(23,24)25)19(21(26)29)15(2)28(18)14-13-27-11-5-4-6-12-27/h7-10H,3-6,11-14H2,1-2H3,(H2,26,29). The number of carbonyl (C=O) groups excluding carboxylic acids is 1. The molecule has 0 saturated carbocycles. The van der Waals surface area contributed by atoms with Crippen molar-refractivity contribution < 1.29 is 18.0 Å². The summed E-state index contributed by atoms with van der Waals surface area (Å²) in [4.78, 5) is 14.7. The Balaban J connectivity index is 2.00. The number of nitrogens with zero attached hydrogens (tertiary/aromatic N) is 2. The largest absolute Gasteiger partial charge is 0.416 e. The van der Waals surface area contributed by atoms with Gasteiger partial charge in [0.05, 0.1) is 11.1 Å². The molecule has 0 radical (unpaired) electrons. The van der Waals surface area contributed by atoms with E-state index in [4.69, 9.17) is 5.73 Å². The first-order chi connectivity index (χ1) is 13.7. The van der Waals surface area contributed by atoms with Gasteiger partial charge in [-0.1, -0.05) is 25.5 Å². The molecule has 0 spiro atoms. The second-order valence-electron chi connectivity index (χ2n) is 7.63. The first-order valence-electron chi connectivity index (χ1n) is 10.2. The second-order valence-corrected chi connectivity index (χ2v) is 7.63. The molecule has 29 heavy (non-hydrogen) atoms. The summed E-state index contributed by atoms with van der Waals surface area (Å²) in [5, 5.41) is 0. The third-order valence-corrected chi connectivity index (χ3v) is 5.80. The van der Waals surface area contributed by atoms with Gasteiger partial charge in [0.15, 0.2) is 0 Å². The molecular weight excluding hydrogens is 379 g/mol. The number of hydrogen-bond acceptors (Lipinski definition) is 2. The van der Waals surface area contributed by atoms with Gasteiger partial charge in [-0.05, 0) is 57.0 Å². The minimum atomic E-state index is -4.39. The van der Waals surface area contributed by atoms with Crippen molar-refractivity contribution in [2.24, 2.45) is 5.73 Å². The van der Waals surface area contributed by atoms with Crippen molar-refractivity contribution >= 4 is 5.91 Å². The van der Waals surface area contributed by atoms with E-state index in [9.17, 15) is 18.0 Å². The van der Waals surface area contributed by atoms with E-state index in [1.165, 1.54) is 31.4 Å². The van der Waals surface area contributed by atoms with E-state index >= 15 is 0 Å². The number of aromatic nitrogens is 1. The van der Waals surface area contributed by atoms with Crippen molar-refractivity contribution in [1.29, 1.82) is 0 Å². The zero-order valence-electron chi connectivity index (χ0n) is 17.0. The molecule has 1 fully saturated rings. The van der Waals surface area contributed by atoms with Crippen LogP contribution in [0.15, 0.2) is 24.3 Å². The Labute approximate surface area is 169 Å². The highest BCUT2D eigenvalue weighted by molar-refractivity contribution is 6.02. The van der Waals surface area contributed by atoms with Crippen molar-refractivity contribution in [2.75, 3.05) is 19.6 Å². The molecule has 0 unspecified atom stereocenters. The SMILES string of the molecule is CCc1c(-c2ccc(C(F)(F)F)cc2)c(C(N)=O)c(C)n1CCN1CCCCC1. The summed E-state index contributed by atoms with van der Waals surface area (Å²) in [6.07, 6.45) is -0.0637. The van der Waals surface area contributed by atoms with Crippen LogP contribution in [0.2, 0.25) is 0 Å². The van der Waals surface area contributed by atoms with Gasteiger partial charge in [-0.2, -0.15) is 13.2 Å². The van der Waals surface area contributed by atoms with Gasteiger partial charge >= 0.3 is 6.18 Å². The van der Waals surface area contributed by atoms with Gasteiger partial charge in [-0.25, -0.2) is 0 Å². The van der Waals surface area contributed by atoms with Crippen LogP contribution in [0.1, 0.15) is 53.5 Å². The summed E-state index contributed by atoms with van der Waals surface area (Å²) >= 11 is 0. The van der Waals surface area contributed by atoms with Crippen LogP contribution in [0.25, 0.3) is 11.1 Å². The maximum Gasteiger partial charge on any atom is 0.416 e. The number of carbonyl (C=O) groups is 1. The predicted molar refractivity (Wildman–Crippen MR) is 108 cm³/mol. The van der Waals surface area contributed by atoms with Crippen molar-refractivity contribution in [3.63, 3.8) is 0 Å². The molecule has 1 aromatic heterocycles. The molecule has 2 N–H and O–H groups in total. The number of piperidine rings is 1. The Morgan fingerprint density at radius 1 is 1.07 bits per heavy atom. The molecule has 1 aliphatic heterocycles. The molecule has 7 heteroatoms. The van der Waals surface area contributed by atoms with E-state index in [0.29, 0.717) is 23.1 Å². The second kappa shape index (κ2) is 8.61. The molecule has 1 aliphatic rings. The van der Waals surface area contributed by atoms with Crippen molar-refractivity contribution in [2.45, 2.75) is 52.3 Å². The third kappa shape index (κ3) is 4.50. The summed E-state index contributed by atoms with van der Waals surface area (Å²) in [6, 6.07) is 4.97. The fraction of sp³-hybridized carbons (Fsp3) is 0.500. The van der Waals surface area contributed by atoms with Crippen LogP contribution < -0.4 is 5.73 Å². The van der Waals surface area contributed by atoms with Crippen LogP contribution in [0.5, 0.6) is 0 Å². The molecule has 2 aromatic rings. The molecule has 0 bridgehead atoms. The van der Waals surface area contributed by atoms with Crippen molar-refractivity contribution in [3.8, 4) is 11.1 Å². The van der Waals surface area contributed by atoms with Gasteiger partial charge in [0.1, 0.15) is 0 Å². The number of likely N-dealkylation sites (tertiary alicyclic amines) is 1. The van der Waals surface area contributed by atoms with E-state index in [2.05, 4.69) is 9.47 Å².